The Balaban J connectivity index is 0. The SMILES string of the molecule is [CH2-]C.[I][V]([I])[I]. The van der Waals surface area contributed by atoms with Gasteiger partial charge in [0.25, 0.3) is 0 Å². The zero-order valence-corrected chi connectivity index (χ0v) is 11.2. The second-order valence-electron chi connectivity index (χ2n) is 0.192. The summed E-state index contributed by atoms with van der Waals surface area (Å²) in [5.41, 5.74) is 0. The van der Waals surface area contributed by atoms with E-state index in [1.54, 1.807) is 6.92 Å². The first-order valence-electron chi connectivity index (χ1n) is 1.21. The van der Waals surface area contributed by atoms with Crippen LogP contribution in [0.25, 0.3) is 0 Å². The molecule has 0 aromatic heterocycles. The summed E-state index contributed by atoms with van der Waals surface area (Å²) in [5, 5.41) is 0. The second-order valence-corrected chi connectivity index (χ2v) is 35.6. The van der Waals surface area contributed by atoms with Gasteiger partial charge in [0.05, 0.1) is 0 Å². The van der Waals surface area contributed by atoms with Gasteiger partial charge in [-0.3, -0.25) is 0 Å². The Kier molecular flexibility index (Phi) is 20.6. The van der Waals surface area contributed by atoms with Crippen LogP contribution >= 0.6 is 59.9 Å². The average molecular weight is 461 g/mol. The van der Waals surface area contributed by atoms with Gasteiger partial charge in [-0.05, 0) is 0 Å². The van der Waals surface area contributed by atoms with Gasteiger partial charge in [-0.25, -0.2) is 0 Å². The standard InChI is InChI=1S/C2H5.3HI.V/c1-2;;;;/h1H2,2H3;3*1H;/q-1;;;;+3/p-3. The van der Waals surface area contributed by atoms with E-state index >= 15 is 0 Å². The molecule has 0 aromatic carbocycles. The molecule has 0 unspecified atom stereocenters. The monoisotopic (exact) mass is 461 g/mol. The molecule has 0 saturated carbocycles. The molecular formula is C2H5I3V-. The van der Waals surface area contributed by atoms with E-state index in [4.69, 9.17) is 0 Å². The minimum absolute atomic E-state index is 0.278. The van der Waals surface area contributed by atoms with Crippen LogP contribution in [0.5, 0.6) is 0 Å². The molecule has 0 nitrogen and oxygen atoms in total. The van der Waals surface area contributed by atoms with Crippen LogP contribution in [0.15, 0.2) is 0 Å². The zero-order chi connectivity index (χ0) is 5.58. The predicted molar refractivity (Wildman–Crippen MR) is 53.1 cm³/mol. The van der Waals surface area contributed by atoms with E-state index in [0.29, 0.717) is 0 Å². The summed E-state index contributed by atoms with van der Waals surface area (Å²) in [6, 6.07) is 0. The van der Waals surface area contributed by atoms with Crippen LogP contribution in [0, 0.1) is 6.92 Å². The molecule has 0 aliphatic rings. The van der Waals surface area contributed by atoms with Crippen LogP contribution < -0.4 is 0 Å². The van der Waals surface area contributed by atoms with E-state index < -0.39 is 0 Å². The molecule has 0 amide bonds. The van der Waals surface area contributed by atoms with Crippen molar-refractivity contribution in [2.24, 2.45) is 0 Å². The molecule has 0 spiro atoms. The summed E-state index contributed by atoms with van der Waals surface area (Å²) >= 11 is 7.39. The first-order valence-corrected chi connectivity index (χ1v) is 14.7. The molecule has 0 N–H and O–H groups in total. The minimum atomic E-state index is -0.278. The van der Waals surface area contributed by atoms with Crippen molar-refractivity contribution >= 4 is 59.9 Å². The molecular weight excluding hydrogens is 456 g/mol. The van der Waals surface area contributed by atoms with E-state index in [2.05, 4.69) is 66.9 Å². The Labute approximate surface area is 76.9 Å². The number of rotatable bonds is 0. The van der Waals surface area contributed by atoms with Crippen molar-refractivity contribution in [3.05, 3.63) is 6.92 Å². The molecule has 0 aliphatic carbocycles. The molecule has 0 rings (SSSR count). The molecule has 0 aromatic rings. The fourth-order valence-corrected chi connectivity index (χ4v) is 0. The van der Waals surface area contributed by atoms with E-state index in [9.17, 15) is 0 Å². The van der Waals surface area contributed by atoms with Gasteiger partial charge in [0.2, 0.25) is 0 Å². The summed E-state index contributed by atoms with van der Waals surface area (Å²) in [6.07, 6.45) is 0. The Hall–Kier alpha value is 2.77. The van der Waals surface area contributed by atoms with Crippen LogP contribution in [0.4, 0.5) is 0 Å². The molecule has 40 valence electrons. The topological polar surface area (TPSA) is 0 Å². The van der Waals surface area contributed by atoms with Gasteiger partial charge in [0.15, 0.2) is 0 Å². The van der Waals surface area contributed by atoms with E-state index in [1.807, 2.05) is 0 Å². The van der Waals surface area contributed by atoms with E-state index in [1.165, 1.54) is 0 Å². The Bertz CT molecular complexity index is 13.5. The quantitative estimate of drug-likeness (QED) is 0.383. The summed E-state index contributed by atoms with van der Waals surface area (Å²) < 4.78 is 0. The van der Waals surface area contributed by atoms with Gasteiger partial charge in [-0.15, -0.1) is 0 Å². The van der Waals surface area contributed by atoms with Crippen LogP contribution in [0.3, 0.4) is 0 Å². The molecule has 0 saturated heterocycles. The van der Waals surface area contributed by atoms with Crippen molar-refractivity contribution < 1.29 is 4.92 Å². The molecule has 0 fully saturated rings. The zero-order valence-electron chi connectivity index (χ0n) is 3.29. The molecule has 0 aliphatic heterocycles. The van der Waals surface area contributed by atoms with E-state index in [0.717, 1.165) is 0 Å². The first-order chi connectivity index (χ1) is 2.73. The van der Waals surface area contributed by atoms with Crippen LogP contribution in [-0.4, -0.2) is 0 Å². The number of hydrogen-bond donors (Lipinski definition) is 0. The van der Waals surface area contributed by atoms with Gasteiger partial charge in [-0.1, -0.05) is 0 Å². The van der Waals surface area contributed by atoms with Crippen LogP contribution in [0.1, 0.15) is 6.92 Å². The van der Waals surface area contributed by atoms with Crippen molar-refractivity contribution in [2.75, 3.05) is 0 Å². The Morgan fingerprint density at radius 2 is 1.17 bits per heavy atom. The Morgan fingerprint density at radius 3 is 1.17 bits per heavy atom. The maximum absolute atomic E-state index is 3.25. The third-order valence-corrected chi connectivity index (χ3v) is 0. The molecule has 0 bridgehead atoms. The van der Waals surface area contributed by atoms with Gasteiger partial charge >= 0.3 is 64.9 Å². The van der Waals surface area contributed by atoms with Crippen LogP contribution in [0.2, 0.25) is 0 Å². The molecule has 4 heteroatoms. The fraction of sp³-hybridized carbons (Fsp3) is 0.500. The third kappa shape index (κ3) is 29.3. The van der Waals surface area contributed by atoms with Gasteiger partial charge < -0.3 is 6.92 Å². The molecule has 0 radical (unpaired) electrons. The average Bonchev–Trinajstić information content (AvgIpc) is 1.41. The fourth-order valence-electron chi connectivity index (χ4n) is 0. The number of hydrogen-bond acceptors (Lipinski definition) is 0. The second kappa shape index (κ2) is 10.7. The maximum atomic E-state index is 3.25. The summed E-state index contributed by atoms with van der Waals surface area (Å²) in [6.45, 7) is 5.00. The van der Waals surface area contributed by atoms with Crippen molar-refractivity contribution in [3.8, 4) is 0 Å². The summed E-state index contributed by atoms with van der Waals surface area (Å²) in [4.78, 5) is -0.278. The molecule has 6 heavy (non-hydrogen) atoms. The van der Waals surface area contributed by atoms with E-state index in [-0.39, 0.29) is 4.92 Å². The van der Waals surface area contributed by atoms with Crippen molar-refractivity contribution in [3.63, 3.8) is 0 Å². The van der Waals surface area contributed by atoms with Gasteiger partial charge in [0.1, 0.15) is 0 Å². The summed E-state index contributed by atoms with van der Waals surface area (Å²) in [5.74, 6) is 0. The normalized spacial score (nSPS) is 7.00. The van der Waals surface area contributed by atoms with Crippen molar-refractivity contribution in [1.29, 1.82) is 0 Å². The molecule has 0 heterocycles. The first kappa shape index (κ1) is 11.6. The van der Waals surface area contributed by atoms with Crippen molar-refractivity contribution in [1.82, 2.24) is 0 Å². The van der Waals surface area contributed by atoms with Gasteiger partial charge in [-0.2, -0.15) is 6.92 Å². The summed E-state index contributed by atoms with van der Waals surface area (Å²) in [7, 11) is 0. The number of halogens is 3. The molecule has 0 atom stereocenters. The van der Waals surface area contributed by atoms with Crippen molar-refractivity contribution in [2.45, 2.75) is 6.92 Å². The van der Waals surface area contributed by atoms with Crippen LogP contribution in [-0.2, 0) is 4.92 Å². The predicted octanol–water partition coefficient (Wildman–Crippen LogP) is 3.49. The van der Waals surface area contributed by atoms with Gasteiger partial charge in [0, 0.05) is 0 Å². The third-order valence-electron chi connectivity index (χ3n) is 0. The Morgan fingerprint density at radius 1 is 1.17 bits per heavy atom.